The van der Waals surface area contributed by atoms with Crippen molar-refractivity contribution in [1.29, 1.82) is 0 Å². The molecule has 30 nitrogen and oxygen atoms in total. The summed E-state index contributed by atoms with van der Waals surface area (Å²) >= 11 is 2.23. The minimum Gasteiger partial charge on any atom is -0.481 e. The predicted molar refractivity (Wildman–Crippen MR) is 374 cm³/mol. The molecule has 1 aliphatic carbocycles. The minimum absolute atomic E-state index is 0.0689. The van der Waals surface area contributed by atoms with Crippen molar-refractivity contribution in [3.8, 4) is 0 Å². The number of hydrogen-bond donors (Lipinski definition) is 14. The Bertz CT molecular complexity index is 3490. The lowest BCUT2D eigenvalue weighted by Gasteiger charge is -2.31. The van der Waals surface area contributed by atoms with Crippen LogP contribution in [0.25, 0.3) is 10.8 Å². The number of carbonyl (C=O) groups excluding carboxylic acids is 6. The number of pyridine rings is 1. The molecule has 2 aliphatic rings. The van der Waals surface area contributed by atoms with Crippen LogP contribution in [-0.4, -0.2) is 216 Å². The van der Waals surface area contributed by atoms with Gasteiger partial charge in [-0.1, -0.05) is 60.7 Å². The molecule has 6 rings (SSSR count). The van der Waals surface area contributed by atoms with Crippen LogP contribution in [-0.2, 0) is 67.1 Å². The second-order valence-electron chi connectivity index (χ2n) is 25.4. The third-order valence-corrected chi connectivity index (χ3v) is 19.2. The fourth-order valence-electron chi connectivity index (χ4n) is 12.2. The Morgan fingerprint density at radius 2 is 1.16 bits per heavy atom. The zero-order chi connectivity index (χ0) is 72.7. The molecule has 4 aromatic rings. The van der Waals surface area contributed by atoms with Crippen LogP contribution in [0.2, 0.25) is 0 Å². The first-order valence-corrected chi connectivity index (χ1v) is 36.6. The average molecular weight is 1530 g/mol. The number of nitrogens with one attached hydrogen (secondary N) is 7. The molecule has 7 amide bonds. The number of aromatic nitrogens is 1. The number of halogens is 1. The largest absolute Gasteiger partial charge is 0.481 e. The van der Waals surface area contributed by atoms with Gasteiger partial charge in [0.05, 0.1) is 5.69 Å². The van der Waals surface area contributed by atoms with Crippen LogP contribution in [0.4, 0.5) is 4.79 Å². The number of benzene rings is 3. The number of urea groups is 1. The van der Waals surface area contributed by atoms with Gasteiger partial charge in [0.25, 0.3) is 0 Å². The number of carboxylic acids is 5. The van der Waals surface area contributed by atoms with Gasteiger partial charge in [-0.3, -0.25) is 52.8 Å². The normalized spacial score (nSPS) is 17.1. The molecule has 14 N–H and O–H groups in total. The number of aromatic carboxylic acids is 1. The lowest BCUT2D eigenvalue weighted by Crippen LogP contribution is -2.51. The molecule has 2 fully saturated rings. The number of hydrogen-bond acceptors (Lipinski definition) is 16. The smallest absolute Gasteiger partial charge is 0.354 e. The number of carboxylic acid groups (broad SMARTS) is 5. The van der Waals surface area contributed by atoms with Crippen LogP contribution >= 0.6 is 30.2 Å². The first-order chi connectivity index (χ1) is 47.7. The van der Waals surface area contributed by atoms with Crippen molar-refractivity contribution in [1.82, 2.24) is 56.9 Å². The van der Waals surface area contributed by atoms with E-state index in [2.05, 4.69) is 64.8 Å². The van der Waals surface area contributed by atoms with Gasteiger partial charge >= 0.3 is 43.5 Å². The van der Waals surface area contributed by atoms with E-state index in [1.54, 1.807) is 17.0 Å². The zero-order valence-electron chi connectivity index (χ0n) is 55.8. The zero-order valence-corrected chi connectivity index (χ0v) is 58.8. The van der Waals surface area contributed by atoms with Gasteiger partial charge in [-0.15, -0.1) is 0 Å². The Labute approximate surface area is 593 Å². The summed E-state index contributed by atoms with van der Waals surface area (Å²) in [5.41, 5.74) is 2.15. The van der Waals surface area contributed by atoms with E-state index in [-0.39, 0.29) is 127 Å². The summed E-state index contributed by atoms with van der Waals surface area (Å²) in [5.74, 6) is -9.25. The number of unbranched alkanes of at least 4 members (excludes halogenated alkanes) is 2. The second kappa shape index (κ2) is 41.5. The van der Waals surface area contributed by atoms with E-state index in [1.807, 2.05) is 71.6 Å². The number of carbonyl (C=O) groups is 11. The standard InChI is InChI=1S/C68H93IN11O19P/c69-50-25-20-44(21-26-50)9-7-16-58(81)70-31-5-3-13-52(74-59(82)29-28-57(67(94)95)80-37-35-78(33-34-79(36-38-80)43-100(97,98)99)42-51-12-8-15-53(73-51)64(88)89)62(86)72-41-45-17-23-48(24-18-45)61(85)75-56(40-46-19-22-47-10-1-2-11-49(47)39-46)63(87)71-32-6-4-14-54(65(90)91)76-68(96)77-55(66(92)93)27-30-60(83)84/h1-2,8,10-12,15,19-22,25-26,39,45,48,52,54-57H,3-7,9,13-14,16-18,23-24,27-38,40-43H2,(H,70,81)(H,71,87)(H,72,86)(H,74,82)(H,75,85)(H,83,84)(H,88,89)(H,90,91)(H,92,93)(H,94,95)(H2,76,77,96)(H2,97,98,99)/t45?,48?,52?,54-,55-,56+,57?/m0/s1. The van der Waals surface area contributed by atoms with Crippen LogP contribution in [0.3, 0.4) is 0 Å². The minimum atomic E-state index is -4.55. The molecular weight excluding hydrogens is 1430 g/mol. The van der Waals surface area contributed by atoms with Crippen molar-refractivity contribution in [2.45, 2.75) is 152 Å². The van der Waals surface area contributed by atoms with E-state index < -0.39 is 116 Å². The highest BCUT2D eigenvalue weighted by atomic mass is 127. The summed E-state index contributed by atoms with van der Waals surface area (Å²) in [5, 5.41) is 69.0. The van der Waals surface area contributed by atoms with Gasteiger partial charge in [0.2, 0.25) is 29.5 Å². The van der Waals surface area contributed by atoms with Crippen molar-refractivity contribution in [3.63, 3.8) is 0 Å². The summed E-state index contributed by atoms with van der Waals surface area (Å²) in [4.78, 5) is 170. The Morgan fingerprint density at radius 3 is 1.81 bits per heavy atom. The molecule has 32 heteroatoms. The van der Waals surface area contributed by atoms with E-state index in [9.17, 15) is 87.5 Å². The Morgan fingerprint density at radius 1 is 0.550 bits per heavy atom. The van der Waals surface area contributed by atoms with Crippen LogP contribution in [0.15, 0.2) is 84.9 Å². The van der Waals surface area contributed by atoms with Gasteiger partial charge in [0.15, 0.2) is 0 Å². The maximum Gasteiger partial charge on any atom is 0.354 e. The van der Waals surface area contributed by atoms with Gasteiger partial charge in [-0.2, -0.15) is 0 Å². The quantitative estimate of drug-likeness (QED) is 0.0169. The first kappa shape index (κ1) is 80.8. The lowest BCUT2D eigenvalue weighted by molar-refractivity contribution is -0.144. The number of aliphatic carboxylic acids is 4. The van der Waals surface area contributed by atoms with Crippen molar-refractivity contribution in [2.75, 3.05) is 65.2 Å². The van der Waals surface area contributed by atoms with E-state index >= 15 is 0 Å². The highest BCUT2D eigenvalue weighted by Crippen LogP contribution is 2.35. The van der Waals surface area contributed by atoms with E-state index in [0.29, 0.717) is 63.6 Å². The highest BCUT2D eigenvalue weighted by molar-refractivity contribution is 14.1. The van der Waals surface area contributed by atoms with Gasteiger partial charge in [-0.05, 0) is 165 Å². The molecule has 0 spiro atoms. The molecular formula is C68H93IN11O19P. The molecule has 0 bridgehead atoms. The van der Waals surface area contributed by atoms with Crippen LogP contribution in [0.5, 0.6) is 0 Å². The number of fused-ring (bicyclic) bond motifs is 1. The van der Waals surface area contributed by atoms with Crippen molar-refractivity contribution >= 4 is 106 Å². The summed E-state index contributed by atoms with van der Waals surface area (Å²) in [6, 6.07) is 18.5. The summed E-state index contributed by atoms with van der Waals surface area (Å²) in [6.07, 6.45) is 3.06. The highest BCUT2D eigenvalue weighted by Gasteiger charge is 2.34. The van der Waals surface area contributed by atoms with Gasteiger partial charge in [0.1, 0.15) is 42.2 Å². The Hall–Kier alpha value is -8.20. The molecule has 1 saturated heterocycles. The van der Waals surface area contributed by atoms with Crippen LogP contribution in [0, 0.1) is 15.4 Å². The van der Waals surface area contributed by atoms with E-state index in [0.717, 1.165) is 31.9 Å². The van der Waals surface area contributed by atoms with Crippen molar-refractivity contribution in [2.24, 2.45) is 11.8 Å². The van der Waals surface area contributed by atoms with E-state index in [4.69, 9.17) is 5.11 Å². The van der Waals surface area contributed by atoms with Crippen LogP contribution < -0.4 is 37.2 Å². The fourth-order valence-corrected chi connectivity index (χ4v) is 13.3. The van der Waals surface area contributed by atoms with Crippen molar-refractivity contribution < 1.29 is 92.6 Å². The van der Waals surface area contributed by atoms with E-state index in [1.165, 1.54) is 11.0 Å². The second-order valence-corrected chi connectivity index (χ2v) is 28.3. The monoisotopic (exact) mass is 1530 g/mol. The molecule has 546 valence electrons. The first-order valence-electron chi connectivity index (χ1n) is 33.7. The fraction of sp³-hybridized carbons (Fsp3) is 0.529. The Kier molecular flexibility index (Phi) is 33.5. The SMILES string of the molecule is O=C(O)CC[C@H](NC(=O)N[C@@H](CCCCNC(=O)[C@@H](Cc1ccc2ccccc2c1)NC(=O)C1CCC(CNC(=O)C(CCCCNC(=O)CCCc2ccc(I)cc2)NC(=O)CCC(C(=O)O)N2CCN(Cc3cccc(C(=O)O)n3)CCN(CP(=O)(O)O)CC2)CC1)C(=O)O)C(=O)O. The number of amides is 7. The van der Waals surface area contributed by atoms with Crippen LogP contribution in [0.1, 0.15) is 130 Å². The number of nitrogens with zero attached hydrogens (tertiary/aromatic N) is 4. The van der Waals surface area contributed by atoms with Gasteiger partial charge in [0, 0.05) is 101 Å². The lowest BCUT2D eigenvalue weighted by atomic mass is 9.81. The topological polar surface area (TPSA) is 453 Å². The third kappa shape index (κ3) is 29.6. The molecule has 1 aromatic heterocycles. The molecule has 3 aromatic carbocycles. The molecule has 1 aliphatic heterocycles. The molecule has 0 radical (unpaired) electrons. The number of rotatable bonds is 40. The van der Waals surface area contributed by atoms with Crippen molar-refractivity contribution in [3.05, 3.63) is 111 Å². The third-order valence-electron chi connectivity index (χ3n) is 17.7. The summed E-state index contributed by atoms with van der Waals surface area (Å²) in [6.45, 7) is 1.80. The average Bonchev–Trinajstić information content (AvgIpc) is 0.951. The van der Waals surface area contributed by atoms with Gasteiger partial charge in [-0.25, -0.2) is 24.2 Å². The molecule has 100 heavy (non-hydrogen) atoms. The summed E-state index contributed by atoms with van der Waals surface area (Å²) < 4.78 is 13.3. The molecule has 2 heterocycles. The number of aryl methyl sites for hydroxylation is 1. The maximum absolute atomic E-state index is 14.2. The maximum atomic E-state index is 14.2. The molecule has 5 atom stereocenters. The molecule has 2 unspecified atom stereocenters. The molecule has 1 saturated carbocycles. The summed E-state index contributed by atoms with van der Waals surface area (Å²) in [7, 11) is -4.55. The predicted octanol–water partition coefficient (Wildman–Crippen LogP) is 4.13. The van der Waals surface area contributed by atoms with Gasteiger partial charge < -0.3 is 72.5 Å². The Balaban J connectivity index is 1.05.